The van der Waals surface area contributed by atoms with Crippen LogP contribution in [-0.2, 0) is 10.5 Å². The van der Waals surface area contributed by atoms with Crippen LogP contribution in [0.2, 0.25) is 0 Å². The van der Waals surface area contributed by atoms with Gasteiger partial charge in [0.15, 0.2) is 5.16 Å². The molecule has 0 bridgehead atoms. The Kier molecular flexibility index (Phi) is 4.90. The number of rotatable bonds is 5. The van der Waals surface area contributed by atoms with Crippen LogP contribution in [0.1, 0.15) is 16.7 Å². The van der Waals surface area contributed by atoms with Crippen molar-refractivity contribution in [1.29, 1.82) is 0 Å². The Morgan fingerprint density at radius 3 is 2.80 bits per heavy atom. The van der Waals surface area contributed by atoms with E-state index in [1.54, 1.807) is 30.2 Å². The summed E-state index contributed by atoms with van der Waals surface area (Å²) in [6, 6.07) is 7.74. The summed E-state index contributed by atoms with van der Waals surface area (Å²) in [6.45, 7) is 1.95. The molecule has 1 N–H and O–H groups in total. The zero-order chi connectivity index (χ0) is 14.4. The van der Waals surface area contributed by atoms with Crippen LogP contribution in [-0.4, -0.2) is 21.0 Å². The first-order valence-electron chi connectivity index (χ1n) is 6.05. The summed E-state index contributed by atoms with van der Waals surface area (Å²) in [5, 5.41) is 9.35. The molecule has 0 atom stereocenters. The Bertz CT molecular complexity index is 624. The van der Waals surface area contributed by atoms with E-state index in [1.807, 2.05) is 31.2 Å². The first-order valence-corrected chi connectivity index (χ1v) is 7.03. The minimum Gasteiger partial charge on any atom is -0.478 e. The largest absolute Gasteiger partial charge is 0.478 e. The summed E-state index contributed by atoms with van der Waals surface area (Å²) in [7, 11) is 0. The molecule has 1 aromatic carbocycles. The van der Waals surface area contributed by atoms with Crippen molar-refractivity contribution in [3.8, 4) is 0 Å². The van der Waals surface area contributed by atoms with Crippen molar-refractivity contribution in [2.45, 2.75) is 17.8 Å². The summed E-state index contributed by atoms with van der Waals surface area (Å²) >= 11 is 1.55. The molecule has 102 valence electrons. The molecule has 0 fully saturated rings. The molecule has 0 aliphatic carbocycles. The quantitative estimate of drug-likeness (QED) is 0.519. The van der Waals surface area contributed by atoms with Gasteiger partial charge in [0.1, 0.15) is 0 Å². The van der Waals surface area contributed by atoms with E-state index in [1.165, 1.54) is 0 Å². The highest BCUT2D eigenvalue weighted by atomic mass is 32.2. The van der Waals surface area contributed by atoms with Crippen molar-refractivity contribution >= 4 is 23.8 Å². The van der Waals surface area contributed by atoms with E-state index in [4.69, 9.17) is 5.11 Å². The molecule has 0 saturated carbocycles. The predicted molar refractivity (Wildman–Crippen MR) is 79.4 cm³/mol. The standard InChI is InChI=1S/C15H14N2O2S/c1-11-8-16-15(17-9-11)20-10-13-4-2-3-12(7-13)5-6-14(18)19/h2-9H,10H2,1H3,(H,18,19). The van der Waals surface area contributed by atoms with Crippen LogP contribution in [0, 0.1) is 6.92 Å². The average molecular weight is 286 g/mol. The van der Waals surface area contributed by atoms with E-state index < -0.39 is 5.97 Å². The maximum Gasteiger partial charge on any atom is 0.328 e. The van der Waals surface area contributed by atoms with Crippen LogP contribution in [0.15, 0.2) is 47.9 Å². The summed E-state index contributed by atoms with van der Waals surface area (Å²) in [4.78, 5) is 19.0. The Morgan fingerprint density at radius 2 is 2.10 bits per heavy atom. The molecule has 0 unspecified atom stereocenters. The summed E-state index contributed by atoms with van der Waals surface area (Å²) in [6.07, 6.45) is 6.30. The molecular weight excluding hydrogens is 272 g/mol. The normalized spacial score (nSPS) is 10.8. The van der Waals surface area contributed by atoms with E-state index in [2.05, 4.69) is 9.97 Å². The lowest BCUT2D eigenvalue weighted by atomic mass is 10.1. The van der Waals surface area contributed by atoms with E-state index in [0.717, 1.165) is 33.7 Å². The van der Waals surface area contributed by atoms with E-state index in [9.17, 15) is 4.79 Å². The number of carboxylic acid groups (broad SMARTS) is 1. The Labute approximate surface area is 121 Å². The SMILES string of the molecule is Cc1cnc(SCc2cccc(C=CC(=O)O)c2)nc1. The zero-order valence-electron chi connectivity index (χ0n) is 11.0. The molecule has 1 heterocycles. The molecular formula is C15H14N2O2S. The van der Waals surface area contributed by atoms with Crippen molar-refractivity contribution < 1.29 is 9.90 Å². The minimum absolute atomic E-state index is 0.738. The second-order valence-corrected chi connectivity index (χ2v) is 5.19. The summed E-state index contributed by atoms with van der Waals surface area (Å²) in [5.41, 5.74) is 3.01. The minimum atomic E-state index is -0.946. The molecule has 4 nitrogen and oxygen atoms in total. The highest BCUT2D eigenvalue weighted by molar-refractivity contribution is 7.98. The lowest BCUT2D eigenvalue weighted by Crippen LogP contribution is -1.89. The fourth-order valence-corrected chi connectivity index (χ4v) is 2.29. The number of hydrogen-bond donors (Lipinski definition) is 1. The Hall–Kier alpha value is -2.14. The van der Waals surface area contributed by atoms with Gasteiger partial charge >= 0.3 is 5.97 Å². The van der Waals surface area contributed by atoms with Gasteiger partial charge in [0.05, 0.1) is 0 Å². The monoisotopic (exact) mass is 286 g/mol. The Morgan fingerprint density at radius 1 is 1.35 bits per heavy atom. The highest BCUT2D eigenvalue weighted by Gasteiger charge is 2.00. The number of benzene rings is 1. The van der Waals surface area contributed by atoms with Crippen LogP contribution in [0.3, 0.4) is 0 Å². The smallest absolute Gasteiger partial charge is 0.328 e. The molecule has 5 heteroatoms. The molecule has 20 heavy (non-hydrogen) atoms. The number of nitrogens with zero attached hydrogens (tertiary/aromatic N) is 2. The van der Waals surface area contributed by atoms with Crippen molar-refractivity contribution in [3.63, 3.8) is 0 Å². The van der Waals surface area contributed by atoms with Gasteiger partial charge in [0.25, 0.3) is 0 Å². The number of carbonyl (C=O) groups is 1. The van der Waals surface area contributed by atoms with Crippen LogP contribution in [0.5, 0.6) is 0 Å². The first kappa shape index (κ1) is 14.3. The number of aromatic nitrogens is 2. The molecule has 0 saturated heterocycles. The predicted octanol–water partition coefficient (Wildman–Crippen LogP) is 3.18. The van der Waals surface area contributed by atoms with Gasteiger partial charge in [-0.25, -0.2) is 14.8 Å². The molecule has 0 aliphatic heterocycles. The number of thioether (sulfide) groups is 1. The molecule has 0 amide bonds. The summed E-state index contributed by atoms with van der Waals surface area (Å²) < 4.78 is 0. The average Bonchev–Trinajstić information content (AvgIpc) is 2.45. The van der Waals surface area contributed by atoms with E-state index in [-0.39, 0.29) is 0 Å². The third-order valence-corrected chi connectivity index (χ3v) is 3.44. The van der Waals surface area contributed by atoms with Gasteiger partial charge < -0.3 is 5.11 Å². The van der Waals surface area contributed by atoms with Gasteiger partial charge in [0, 0.05) is 24.2 Å². The molecule has 2 rings (SSSR count). The lowest BCUT2D eigenvalue weighted by molar-refractivity contribution is -0.131. The number of hydrogen-bond acceptors (Lipinski definition) is 4. The topological polar surface area (TPSA) is 63.1 Å². The second-order valence-electron chi connectivity index (χ2n) is 4.25. The number of aryl methyl sites for hydroxylation is 1. The fourth-order valence-electron chi connectivity index (χ4n) is 1.56. The van der Waals surface area contributed by atoms with Gasteiger partial charge in [-0.1, -0.05) is 36.0 Å². The van der Waals surface area contributed by atoms with Crippen molar-refractivity contribution in [2.24, 2.45) is 0 Å². The van der Waals surface area contributed by atoms with Crippen molar-refractivity contribution in [3.05, 3.63) is 59.4 Å². The third-order valence-electron chi connectivity index (χ3n) is 2.49. The Balaban J connectivity index is 2.01. The van der Waals surface area contributed by atoms with E-state index >= 15 is 0 Å². The van der Waals surface area contributed by atoms with Crippen LogP contribution in [0.25, 0.3) is 6.08 Å². The fraction of sp³-hybridized carbons (Fsp3) is 0.133. The van der Waals surface area contributed by atoms with Crippen LogP contribution < -0.4 is 0 Å². The number of carboxylic acids is 1. The van der Waals surface area contributed by atoms with Gasteiger partial charge in [-0.05, 0) is 29.7 Å². The highest BCUT2D eigenvalue weighted by Crippen LogP contribution is 2.19. The number of aliphatic carboxylic acids is 1. The maximum absolute atomic E-state index is 10.5. The second kappa shape index (κ2) is 6.86. The zero-order valence-corrected chi connectivity index (χ0v) is 11.8. The third kappa shape index (κ3) is 4.51. The lowest BCUT2D eigenvalue weighted by Gasteiger charge is -2.02. The maximum atomic E-state index is 10.5. The van der Waals surface area contributed by atoms with Gasteiger partial charge in [0.2, 0.25) is 0 Å². The van der Waals surface area contributed by atoms with E-state index in [0.29, 0.717) is 0 Å². The molecule has 0 radical (unpaired) electrons. The van der Waals surface area contributed by atoms with Gasteiger partial charge in [-0.15, -0.1) is 0 Å². The van der Waals surface area contributed by atoms with Crippen molar-refractivity contribution in [2.75, 3.05) is 0 Å². The molecule has 1 aromatic heterocycles. The summed E-state index contributed by atoms with van der Waals surface area (Å²) in [5.74, 6) is -0.199. The molecule has 2 aromatic rings. The van der Waals surface area contributed by atoms with Crippen LogP contribution >= 0.6 is 11.8 Å². The molecule has 0 spiro atoms. The van der Waals surface area contributed by atoms with Crippen LogP contribution in [0.4, 0.5) is 0 Å². The van der Waals surface area contributed by atoms with Gasteiger partial charge in [-0.2, -0.15) is 0 Å². The molecule has 0 aliphatic rings. The van der Waals surface area contributed by atoms with Crippen molar-refractivity contribution in [1.82, 2.24) is 9.97 Å². The first-order chi connectivity index (χ1) is 9.63. The van der Waals surface area contributed by atoms with Gasteiger partial charge in [-0.3, -0.25) is 0 Å².